The van der Waals surface area contributed by atoms with Crippen LogP contribution in [0.1, 0.15) is 44.7 Å². The van der Waals surface area contributed by atoms with E-state index >= 15 is 0 Å². The van der Waals surface area contributed by atoms with E-state index in [1.807, 2.05) is 7.05 Å². The van der Waals surface area contributed by atoms with Gasteiger partial charge in [-0.3, -0.25) is 0 Å². The lowest BCUT2D eigenvalue weighted by Crippen LogP contribution is -2.37. The molecule has 1 aromatic heterocycles. The summed E-state index contributed by atoms with van der Waals surface area (Å²) in [4.78, 5) is 2.41. The molecule has 0 aliphatic heterocycles. The van der Waals surface area contributed by atoms with E-state index < -0.39 is 0 Å². The van der Waals surface area contributed by atoms with Gasteiger partial charge in [-0.25, -0.2) is 0 Å². The Bertz CT molecular complexity index is 343. The summed E-state index contributed by atoms with van der Waals surface area (Å²) in [5.41, 5.74) is 1.00. The third-order valence-electron chi connectivity index (χ3n) is 3.71. The van der Waals surface area contributed by atoms with Gasteiger partial charge in [-0.15, -0.1) is 5.10 Å². The second-order valence-corrected chi connectivity index (χ2v) is 4.99. The summed E-state index contributed by atoms with van der Waals surface area (Å²) in [7, 11) is 1.93. The Morgan fingerprint density at radius 3 is 2.56 bits per heavy atom. The predicted octanol–water partition coefficient (Wildman–Crippen LogP) is 2.36. The van der Waals surface area contributed by atoms with Crippen LogP contribution in [0.4, 0.5) is 5.82 Å². The van der Waals surface area contributed by atoms with E-state index in [9.17, 15) is 0 Å². The van der Waals surface area contributed by atoms with Crippen molar-refractivity contribution in [2.45, 2.75) is 51.6 Å². The summed E-state index contributed by atoms with van der Waals surface area (Å²) in [5.74, 6) is 1.03. The van der Waals surface area contributed by atoms with E-state index in [1.165, 1.54) is 32.1 Å². The molecule has 0 aromatic carbocycles. The minimum absolute atomic E-state index is 0.660. The molecule has 2 rings (SSSR count). The average molecular weight is 248 g/mol. The van der Waals surface area contributed by atoms with Crippen molar-refractivity contribution in [3.8, 4) is 0 Å². The van der Waals surface area contributed by atoms with Gasteiger partial charge in [0, 0.05) is 19.1 Å². The Balaban J connectivity index is 2.06. The SMILES string of the molecule is CCN(c1ccc(CNC)nn1)C1CCCCC1. The van der Waals surface area contributed by atoms with Gasteiger partial charge in [0.2, 0.25) is 0 Å². The van der Waals surface area contributed by atoms with E-state index in [-0.39, 0.29) is 0 Å². The van der Waals surface area contributed by atoms with Crippen LogP contribution in [0.25, 0.3) is 0 Å². The molecule has 100 valence electrons. The van der Waals surface area contributed by atoms with Gasteiger partial charge in [-0.2, -0.15) is 5.10 Å². The van der Waals surface area contributed by atoms with Gasteiger partial charge in [0.1, 0.15) is 0 Å². The lowest BCUT2D eigenvalue weighted by molar-refractivity contribution is 0.415. The number of anilines is 1. The molecule has 4 nitrogen and oxygen atoms in total. The summed E-state index contributed by atoms with van der Waals surface area (Å²) in [6.07, 6.45) is 6.70. The van der Waals surface area contributed by atoms with Crippen molar-refractivity contribution in [3.63, 3.8) is 0 Å². The topological polar surface area (TPSA) is 41.0 Å². The highest BCUT2D eigenvalue weighted by Crippen LogP contribution is 2.25. The van der Waals surface area contributed by atoms with Gasteiger partial charge in [-0.05, 0) is 38.9 Å². The lowest BCUT2D eigenvalue weighted by Gasteiger charge is -2.34. The predicted molar refractivity (Wildman–Crippen MR) is 74.7 cm³/mol. The molecule has 1 heterocycles. The fourth-order valence-corrected chi connectivity index (χ4v) is 2.78. The van der Waals surface area contributed by atoms with Crippen LogP contribution in [0, 0.1) is 0 Å². The number of aromatic nitrogens is 2. The number of nitrogens with one attached hydrogen (secondary N) is 1. The summed E-state index contributed by atoms with van der Waals surface area (Å²) in [5, 5.41) is 11.8. The maximum atomic E-state index is 4.38. The molecule has 0 radical (unpaired) electrons. The molecule has 1 aliphatic carbocycles. The highest BCUT2D eigenvalue weighted by atomic mass is 15.3. The smallest absolute Gasteiger partial charge is 0.151 e. The molecule has 0 bridgehead atoms. The molecule has 0 unspecified atom stereocenters. The van der Waals surface area contributed by atoms with Crippen LogP contribution < -0.4 is 10.2 Å². The van der Waals surface area contributed by atoms with E-state index in [0.29, 0.717) is 6.04 Å². The van der Waals surface area contributed by atoms with E-state index in [1.54, 1.807) is 0 Å². The number of hydrogen-bond donors (Lipinski definition) is 1. The van der Waals surface area contributed by atoms with Gasteiger partial charge in [0.15, 0.2) is 5.82 Å². The highest BCUT2D eigenvalue weighted by Gasteiger charge is 2.21. The normalized spacial score (nSPS) is 16.8. The van der Waals surface area contributed by atoms with Crippen molar-refractivity contribution in [2.24, 2.45) is 0 Å². The van der Waals surface area contributed by atoms with Crippen LogP contribution >= 0.6 is 0 Å². The fourth-order valence-electron chi connectivity index (χ4n) is 2.78. The fraction of sp³-hybridized carbons (Fsp3) is 0.714. The summed E-state index contributed by atoms with van der Waals surface area (Å²) in [6, 6.07) is 4.84. The first-order chi connectivity index (χ1) is 8.85. The molecule has 0 amide bonds. The van der Waals surface area contributed by atoms with Crippen molar-refractivity contribution >= 4 is 5.82 Å². The Kier molecular flexibility index (Phi) is 4.93. The van der Waals surface area contributed by atoms with Crippen LogP contribution in [0.5, 0.6) is 0 Å². The van der Waals surface area contributed by atoms with E-state index in [2.05, 4.69) is 39.5 Å². The van der Waals surface area contributed by atoms with Crippen LogP contribution in [0.15, 0.2) is 12.1 Å². The molecule has 18 heavy (non-hydrogen) atoms. The Hall–Kier alpha value is -1.16. The zero-order valence-corrected chi connectivity index (χ0v) is 11.5. The zero-order valence-electron chi connectivity index (χ0n) is 11.5. The van der Waals surface area contributed by atoms with Gasteiger partial charge < -0.3 is 10.2 Å². The number of rotatable bonds is 5. The number of nitrogens with zero attached hydrogens (tertiary/aromatic N) is 3. The maximum Gasteiger partial charge on any atom is 0.151 e. The molecule has 1 saturated carbocycles. The van der Waals surface area contributed by atoms with Gasteiger partial charge in [0.25, 0.3) is 0 Å². The van der Waals surface area contributed by atoms with Gasteiger partial charge in [-0.1, -0.05) is 19.3 Å². The molecule has 0 atom stereocenters. The van der Waals surface area contributed by atoms with Crippen LogP contribution in [-0.2, 0) is 6.54 Å². The van der Waals surface area contributed by atoms with Gasteiger partial charge >= 0.3 is 0 Å². The molecule has 0 saturated heterocycles. The quantitative estimate of drug-likeness (QED) is 0.868. The second kappa shape index (κ2) is 6.69. The highest BCUT2D eigenvalue weighted by molar-refractivity contribution is 5.38. The molecular formula is C14H24N4. The Morgan fingerprint density at radius 1 is 1.22 bits per heavy atom. The molecule has 4 heteroatoms. The average Bonchev–Trinajstić information content (AvgIpc) is 2.43. The van der Waals surface area contributed by atoms with Crippen molar-refractivity contribution < 1.29 is 0 Å². The standard InChI is InChI=1S/C14H24N4/c1-3-18(13-7-5-4-6-8-13)14-10-9-12(11-15-2)16-17-14/h9-10,13,15H,3-8,11H2,1-2H3. The molecule has 1 aliphatic rings. The summed E-state index contributed by atoms with van der Waals surface area (Å²) in [6.45, 7) is 4.01. The Labute approximate surface area is 110 Å². The molecular weight excluding hydrogens is 224 g/mol. The minimum atomic E-state index is 0.660. The van der Waals surface area contributed by atoms with Crippen molar-refractivity contribution in [1.82, 2.24) is 15.5 Å². The minimum Gasteiger partial charge on any atom is -0.352 e. The molecule has 1 fully saturated rings. The zero-order chi connectivity index (χ0) is 12.8. The largest absolute Gasteiger partial charge is 0.352 e. The second-order valence-electron chi connectivity index (χ2n) is 4.99. The van der Waals surface area contributed by atoms with Crippen molar-refractivity contribution in [3.05, 3.63) is 17.8 Å². The summed E-state index contributed by atoms with van der Waals surface area (Å²) < 4.78 is 0. The molecule has 1 aromatic rings. The van der Waals surface area contributed by atoms with E-state index in [0.717, 1.165) is 24.6 Å². The van der Waals surface area contributed by atoms with Crippen LogP contribution in [-0.4, -0.2) is 29.8 Å². The monoisotopic (exact) mass is 248 g/mol. The maximum absolute atomic E-state index is 4.38. The first kappa shape index (κ1) is 13.3. The molecule has 1 N–H and O–H groups in total. The Morgan fingerprint density at radius 2 is 2.00 bits per heavy atom. The molecule has 0 spiro atoms. The first-order valence-electron chi connectivity index (χ1n) is 7.09. The van der Waals surface area contributed by atoms with Crippen molar-refractivity contribution in [2.75, 3.05) is 18.5 Å². The third-order valence-corrected chi connectivity index (χ3v) is 3.71. The van der Waals surface area contributed by atoms with E-state index in [4.69, 9.17) is 0 Å². The summed E-state index contributed by atoms with van der Waals surface area (Å²) >= 11 is 0. The third kappa shape index (κ3) is 3.19. The first-order valence-corrected chi connectivity index (χ1v) is 7.09. The van der Waals surface area contributed by atoms with Gasteiger partial charge in [0.05, 0.1) is 5.69 Å². The van der Waals surface area contributed by atoms with Crippen LogP contribution in [0.3, 0.4) is 0 Å². The van der Waals surface area contributed by atoms with Crippen molar-refractivity contribution in [1.29, 1.82) is 0 Å². The number of hydrogen-bond acceptors (Lipinski definition) is 4. The van der Waals surface area contributed by atoms with Crippen LogP contribution in [0.2, 0.25) is 0 Å². The lowest BCUT2D eigenvalue weighted by atomic mass is 9.94.